The van der Waals surface area contributed by atoms with Gasteiger partial charge in [0, 0.05) is 10.2 Å². The van der Waals surface area contributed by atoms with Gasteiger partial charge in [0.1, 0.15) is 11.0 Å². The van der Waals surface area contributed by atoms with Crippen molar-refractivity contribution in [1.29, 1.82) is 0 Å². The number of benzene rings is 3. The summed E-state index contributed by atoms with van der Waals surface area (Å²) in [6.45, 7) is 2.19. The summed E-state index contributed by atoms with van der Waals surface area (Å²) in [5.74, 6) is -0.395. The molecule has 0 fully saturated rings. The minimum Gasteiger partial charge on any atom is -0.332 e. The highest BCUT2D eigenvalue weighted by molar-refractivity contribution is 9.10. The molecule has 4 aromatic rings. The molecule has 1 amide bonds. The van der Waals surface area contributed by atoms with Crippen molar-refractivity contribution in [1.82, 2.24) is 20.3 Å². The Morgan fingerprint density at radius 3 is 2.58 bits per heavy atom. The third kappa shape index (κ3) is 5.76. The van der Waals surface area contributed by atoms with Crippen LogP contribution in [0.5, 0.6) is 0 Å². The molecule has 168 valence electrons. The van der Waals surface area contributed by atoms with Gasteiger partial charge in [0.05, 0.1) is 16.3 Å². The number of rotatable bonds is 6. The second kappa shape index (κ2) is 10.4. The van der Waals surface area contributed by atoms with Crippen LogP contribution in [0, 0.1) is 0 Å². The van der Waals surface area contributed by atoms with Crippen molar-refractivity contribution in [2.24, 2.45) is 0 Å². The van der Waals surface area contributed by atoms with E-state index in [9.17, 15) is 4.79 Å². The fraction of sp³-hybridized carbons (Fsp3) is 0.167. The summed E-state index contributed by atoms with van der Waals surface area (Å²) in [4.78, 5) is 14.1. The molecule has 0 saturated carbocycles. The van der Waals surface area contributed by atoms with Crippen molar-refractivity contribution in [2.75, 3.05) is 5.32 Å². The van der Waals surface area contributed by atoms with Crippen LogP contribution in [-0.4, -0.2) is 26.0 Å². The number of carbonyl (C=O) groups excluding carboxylic acids is 1. The lowest BCUT2D eigenvalue weighted by Crippen LogP contribution is -2.34. The summed E-state index contributed by atoms with van der Waals surface area (Å²) in [6, 6.07) is 18.9. The van der Waals surface area contributed by atoms with Crippen LogP contribution < -0.4 is 10.6 Å². The van der Waals surface area contributed by atoms with Gasteiger partial charge in [0.25, 0.3) is 5.91 Å². The van der Waals surface area contributed by atoms with Crippen molar-refractivity contribution in [2.45, 2.75) is 26.2 Å². The molecule has 9 heteroatoms. The maximum absolute atomic E-state index is 12.5. The number of fused-ring (bicyclic) bond motifs is 1. The van der Waals surface area contributed by atoms with E-state index in [2.05, 4.69) is 55.8 Å². The Labute approximate surface area is 210 Å². The lowest BCUT2D eigenvalue weighted by molar-refractivity contribution is 0.0978. The van der Waals surface area contributed by atoms with Gasteiger partial charge in [-0.1, -0.05) is 53.0 Å². The van der Waals surface area contributed by atoms with Gasteiger partial charge in [-0.05, 0) is 79.2 Å². The monoisotopic (exact) mass is 541 g/mol. The highest BCUT2D eigenvalue weighted by atomic mass is 79.9. The predicted octanol–water partition coefficient (Wildman–Crippen LogP) is 6.31. The summed E-state index contributed by atoms with van der Waals surface area (Å²) < 4.78 is 0.750. The number of hydrogen-bond acceptors (Lipinski definition) is 4. The summed E-state index contributed by atoms with van der Waals surface area (Å²) in [6.07, 6.45) is 3.43. The zero-order valence-electron chi connectivity index (χ0n) is 17.8. The van der Waals surface area contributed by atoms with Crippen molar-refractivity contribution in [3.63, 3.8) is 0 Å². The smallest absolute Gasteiger partial charge is 0.258 e. The average molecular weight is 543 g/mol. The van der Waals surface area contributed by atoms with Gasteiger partial charge in [-0.2, -0.15) is 4.80 Å². The largest absolute Gasteiger partial charge is 0.332 e. The molecule has 2 N–H and O–H groups in total. The van der Waals surface area contributed by atoms with Crippen LogP contribution in [0.2, 0.25) is 5.02 Å². The van der Waals surface area contributed by atoms with Gasteiger partial charge >= 0.3 is 0 Å². The minimum absolute atomic E-state index is 0.158. The lowest BCUT2D eigenvalue weighted by atomic mass is 10.1. The number of thiocarbonyl (C=S) groups is 1. The van der Waals surface area contributed by atoms with E-state index >= 15 is 0 Å². The van der Waals surface area contributed by atoms with Crippen LogP contribution in [0.3, 0.4) is 0 Å². The Kier molecular flexibility index (Phi) is 7.37. The number of aryl methyl sites for hydroxylation is 1. The summed E-state index contributed by atoms with van der Waals surface area (Å²) in [5.41, 5.74) is 4.69. The Morgan fingerprint density at radius 2 is 1.82 bits per heavy atom. The van der Waals surface area contributed by atoms with Crippen LogP contribution in [0.1, 0.15) is 35.7 Å². The molecule has 33 heavy (non-hydrogen) atoms. The quantitative estimate of drug-likeness (QED) is 0.280. The Bertz CT molecular complexity index is 1320. The van der Waals surface area contributed by atoms with Crippen molar-refractivity contribution in [3.8, 4) is 5.69 Å². The number of amides is 1. The highest BCUT2D eigenvalue weighted by Crippen LogP contribution is 2.21. The van der Waals surface area contributed by atoms with Gasteiger partial charge in [0.15, 0.2) is 5.11 Å². The van der Waals surface area contributed by atoms with Gasteiger partial charge in [-0.3, -0.25) is 10.1 Å². The number of hydrogen-bond donors (Lipinski definition) is 2. The maximum atomic E-state index is 12.5. The number of nitrogens with zero attached hydrogens (tertiary/aromatic N) is 3. The number of nitrogens with one attached hydrogen (secondary N) is 2. The molecule has 0 atom stereocenters. The van der Waals surface area contributed by atoms with Crippen LogP contribution >= 0.6 is 39.7 Å². The molecule has 0 saturated heterocycles. The fourth-order valence-electron chi connectivity index (χ4n) is 3.29. The molecule has 0 bridgehead atoms. The SMILES string of the molecule is CCCCc1ccc(-n2nc3ccc(NC(=S)NC(=O)c4cc(Br)ccc4Cl)cc3n2)cc1. The molecule has 6 nitrogen and oxygen atoms in total. The minimum atomic E-state index is -0.395. The van der Waals surface area contributed by atoms with E-state index in [1.807, 2.05) is 30.3 Å². The standard InChI is InChI=1S/C24H21BrClN5OS/c1-2-3-4-15-5-9-18(10-6-15)31-29-21-12-8-17(14-22(21)30-31)27-24(33)28-23(32)19-13-16(25)7-11-20(19)26/h5-14H,2-4H2,1H3,(H2,27,28,32,33). The molecule has 1 aromatic heterocycles. The summed E-state index contributed by atoms with van der Waals surface area (Å²) in [5, 5.41) is 15.3. The van der Waals surface area contributed by atoms with Gasteiger partial charge in [-0.25, -0.2) is 0 Å². The van der Waals surface area contributed by atoms with E-state index < -0.39 is 5.91 Å². The van der Waals surface area contributed by atoms with E-state index in [-0.39, 0.29) is 5.11 Å². The predicted molar refractivity (Wildman–Crippen MR) is 140 cm³/mol. The Balaban J connectivity index is 1.45. The van der Waals surface area contributed by atoms with Crippen LogP contribution in [0.4, 0.5) is 5.69 Å². The van der Waals surface area contributed by atoms with E-state index in [4.69, 9.17) is 23.8 Å². The summed E-state index contributed by atoms with van der Waals surface area (Å²) in [7, 11) is 0. The molecule has 0 aliphatic rings. The van der Waals surface area contributed by atoms with Crippen LogP contribution in [0.15, 0.2) is 65.1 Å². The van der Waals surface area contributed by atoms with E-state index in [1.165, 1.54) is 18.4 Å². The van der Waals surface area contributed by atoms with Gasteiger partial charge in [0.2, 0.25) is 0 Å². The first-order valence-electron chi connectivity index (χ1n) is 10.5. The average Bonchev–Trinajstić information content (AvgIpc) is 3.23. The molecule has 0 aliphatic heterocycles. The second-order valence-electron chi connectivity index (χ2n) is 7.50. The lowest BCUT2D eigenvalue weighted by Gasteiger charge is -2.10. The Morgan fingerprint density at radius 1 is 1.06 bits per heavy atom. The third-order valence-corrected chi connectivity index (χ3v) is 6.05. The number of unbranched alkanes of at least 4 members (excludes halogenated alkanes) is 1. The molecule has 0 aliphatic carbocycles. The first-order valence-corrected chi connectivity index (χ1v) is 12.0. The van der Waals surface area contributed by atoms with E-state index in [0.29, 0.717) is 21.8 Å². The molecular weight excluding hydrogens is 522 g/mol. The highest BCUT2D eigenvalue weighted by Gasteiger charge is 2.13. The molecule has 0 radical (unpaired) electrons. The van der Waals surface area contributed by atoms with E-state index in [1.54, 1.807) is 23.0 Å². The topological polar surface area (TPSA) is 71.8 Å². The van der Waals surface area contributed by atoms with Crippen LogP contribution in [0.25, 0.3) is 16.7 Å². The van der Waals surface area contributed by atoms with Crippen molar-refractivity contribution in [3.05, 3.63) is 81.3 Å². The number of aromatic nitrogens is 3. The van der Waals surface area contributed by atoms with Crippen molar-refractivity contribution < 1.29 is 4.79 Å². The maximum Gasteiger partial charge on any atom is 0.258 e. The molecule has 0 unspecified atom stereocenters. The van der Waals surface area contributed by atoms with E-state index in [0.717, 1.165) is 22.1 Å². The van der Waals surface area contributed by atoms with Gasteiger partial charge < -0.3 is 5.32 Å². The number of anilines is 1. The zero-order valence-corrected chi connectivity index (χ0v) is 21.0. The Hall–Kier alpha value is -2.81. The molecule has 1 heterocycles. The zero-order chi connectivity index (χ0) is 23.4. The number of carbonyl (C=O) groups is 1. The molecular formula is C24H21BrClN5OS. The normalized spacial score (nSPS) is 10.9. The third-order valence-electron chi connectivity index (χ3n) is 5.02. The van der Waals surface area contributed by atoms with Crippen molar-refractivity contribution >= 4 is 67.5 Å². The van der Waals surface area contributed by atoms with Gasteiger partial charge in [-0.15, -0.1) is 10.2 Å². The number of halogens is 2. The molecule has 3 aromatic carbocycles. The molecule has 0 spiro atoms. The fourth-order valence-corrected chi connectivity index (χ4v) is 4.06. The first kappa shape index (κ1) is 23.4. The van der Waals surface area contributed by atoms with Crippen LogP contribution in [-0.2, 0) is 6.42 Å². The first-order chi connectivity index (χ1) is 15.9. The summed E-state index contributed by atoms with van der Waals surface area (Å²) >= 11 is 14.8. The second-order valence-corrected chi connectivity index (χ2v) is 9.23. The molecule has 4 rings (SSSR count).